The van der Waals surface area contributed by atoms with Crippen LogP contribution in [0.2, 0.25) is 0 Å². The highest BCUT2D eigenvalue weighted by atomic mass is 35.5. The summed E-state index contributed by atoms with van der Waals surface area (Å²) in [6.45, 7) is 2.39. The van der Waals surface area contributed by atoms with Crippen molar-refractivity contribution in [2.45, 2.75) is 25.3 Å². The van der Waals surface area contributed by atoms with E-state index >= 15 is 0 Å². The second-order valence-corrected chi connectivity index (χ2v) is 6.24. The van der Waals surface area contributed by atoms with Gasteiger partial charge in [0.1, 0.15) is 0 Å². The molecule has 0 aliphatic rings. The van der Waals surface area contributed by atoms with Crippen LogP contribution < -0.4 is 11.1 Å². The number of benzene rings is 2. The molecule has 3 rings (SSSR count). The van der Waals surface area contributed by atoms with Crippen molar-refractivity contribution in [3.8, 4) is 0 Å². The van der Waals surface area contributed by atoms with Gasteiger partial charge in [0.15, 0.2) is 0 Å². The van der Waals surface area contributed by atoms with Crippen LogP contribution in [0.1, 0.15) is 30.4 Å². The smallest absolute Gasteiger partial charge is 0.221 e. The summed E-state index contributed by atoms with van der Waals surface area (Å²) in [6.07, 6.45) is 2.38. The molecule has 25 heavy (non-hydrogen) atoms. The highest BCUT2D eigenvalue weighted by Gasteiger charge is 2.19. The van der Waals surface area contributed by atoms with Crippen molar-refractivity contribution in [3.05, 3.63) is 71.9 Å². The van der Waals surface area contributed by atoms with E-state index in [9.17, 15) is 4.79 Å². The molecule has 0 aliphatic heterocycles. The van der Waals surface area contributed by atoms with Crippen LogP contribution in [0.15, 0.2) is 60.8 Å². The molecule has 0 radical (unpaired) electrons. The van der Waals surface area contributed by atoms with Crippen molar-refractivity contribution in [2.24, 2.45) is 5.73 Å². The highest BCUT2D eigenvalue weighted by Crippen LogP contribution is 2.30. The van der Waals surface area contributed by atoms with Crippen LogP contribution >= 0.6 is 12.4 Å². The molecule has 0 saturated carbocycles. The quantitative estimate of drug-likeness (QED) is 0.631. The third kappa shape index (κ3) is 4.62. The first-order chi connectivity index (χ1) is 11.6. The Morgan fingerprint density at radius 2 is 1.80 bits per heavy atom. The molecule has 0 fully saturated rings. The summed E-state index contributed by atoms with van der Waals surface area (Å²) in [5, 5.41) is 4.22. The molecule has 0 spiro atoms. The van der Waals surface area contributed by atoms with Crippen LogP contribution in [0.5, 0.6) is 0 Å². The summed E-state index contributed by atoms with van der Waals surface area (Å²) in [7, 11) is 0. The molecule has 4 nitrogen and oxygen atoms in total. The van der Waals surface area contributed by atoms with Crippen LogP contribution in [0.4, 0.5) is 0 Å². The number of hydrogen-bond acceptors (Lipinski definition) is 2. The van der Waals surface area contributed by atoms with Gasteiger partial charge in [0.2, 0.25) is 5.91 Å². The zero-order chi connectivity index (χ0) is 16.9. The van der Waals surface area contributed by atoms with Gasteiger partial charge in [0.05, 0.1) is 0 Å². The number of halogens is 1. The third-order valence-electron chi connectivity index (χ3n) is 4.21. The molecule has 5 heteroatoms. The molecule has 0 bridgehead atoms. The van der Waals surface area contributed by atoms with E-state index in [-0.39, 0.29) is 30.3 Å². The lowest BCUT2D eigenvalue weighted by molar-refractivity contribution is -0.121. The SMILES string of the molecule is CC(N)CC(=O)NCC(c1ccccc1)c1c[nH]c2ccccc12.Cl. The molecule has 2 atom stereocenters. The first-order valence-electron chi connectivity index (χ1n) is 8.28. The number of aromatic nitrogens is 1. The topological polar surface area (TPSA) is 70.9 Å². The lowest BCUT2D eigenvalue weighted by Crippen LogP contribution is -2.33. The largest absolute Gasteiger partial charge is 0.361 e. The Balaban J connectivity index is 0.00000225. The maximum Gasteiger partial charge on any atom is 0.221 e. The van der Waals surface area contributed by atoms with Gasteiger partial charge in [0.25, 0.3) is 0 Å². The summed E-state index contributed by atoms with van der Waals surface area (Å²) >= 11 is 0. The fourth-order valence-electron chi connectivity index (χ4n) is 3.06. The minimum Gasteiger partial charge on any atom is -0.361 e. The van der Waals surface area contributed by atoms with Gasteiger partial charge in [-0.15, -0.1) is 12.4 Å². The van der Waals surface area contributed by atoms with Gasteiger partial charge in [-0.3, -0.25) is 4.79 Å². The number of rotatable bonds is 6. The van der Waals surface area contributed by atoms with Gasteiger partial charge in [-0.1, -0.05) is 48.5 Å². The minimum atomic E-state index is -0.131. The van der Waals surface area contributed by atoms with Crippen molar-refractivity contribution in [2.75, 3.05) is 6.54 Å². The maximum atomic E-state index is 12.0. The number of para-hydroxylation sites is 1. The summed E-state index contributed by atoms with van der Waals surface area (Å²) in [5.74, 6) is 0.0881. The summed E-state index contributed by atoms with van der Waals surface area (Å²) in [6, 6.07) is 18.4. The molecule has 1 amide bonds. The average Bonchev–Trinajstić information content (AvgIpc) is 3.00. The number of nitrogens with two attached hydrogens (primary N) is 1. The molecule has 3 aromatic rings. The molecular weight excluding hydrogens is 334 g/mol. The van der Waals surface area contributed by atoms with E-state index in [2.05, 4.69) is 34.6 Å². The normalized spacial score (nSPS) is 13.0. The third-order valence-corrected chi connectivity index (χ3v) is 4.21. The zero-order valence-corrected chi connectivity index (χ0v) is 15.1. The van der Waals surface area contributed by atoms with E-state index in [1.54, 1.807) is 0 Å². The van der Waals surface area contributed by atoms with Gasteiger partial charge >= 0.3 is 0 Å². The van der Waals surface area contributed by atoms with Crippen molar-refractivity contribution >= 4 is 29.2 Å². The van der Waals surface area contributed by atoms with E-state index in [0.717, 1.165) is 5.52 Å². The van der Waals surface area contributed by atoms with Crippen molar-refractivity contribution in [1.29, 1.82) is 0 Å². The zero-order valence-electron chi connectivity index (χ0n) is 14.2. The summed E-state index contributed by atoms with van der Waals surface area (Å²) < 4.78 is 0. The van der Waals surface area contributed by atoms with Gasteiger partial charge in [-0.25, -0.2) is 0 Å². The van der Waals surface area contributed by atoms with E-state index in [1.807, 2.05) is 43.5 Å². The molecule has 2 unspecified atom stereocenters. The Labute approximate surface area is 154 Å². The number of carbonyl (C=O) groups excluding carboxylic acids is 1. The fraction of sp³-hybridized carbons (Fsp3) is 0.250. The average molecular weight is 358 g/mol. The number of H-pyrrole nitrogens is 1. The minimum absolute atomic E-state index is 0. The van der Waals surface area contributed by atoms with Crippen LogP contribution in [0, 0.1) is 0 Å². The molecule has 1 aromatic heterocycles. The Bertz CT molecular complexity index is 814. The van der Waals surface area contributed by atoms with Crippen LogP contribution in [-0.4, -0.2) is 23.5 Å². The molecule has 4 N–H and O–H groups in total. The molecule has 1 heterocycles. The molecule has 0 aliphatic carbocycles. The Morgan fingerprint density at radius 3 is 2.52 bits per heavy atom. The molecule has 132 valence electrons. The monoisotopic (exact) mass is 357 g/mol. The van der Waals surface area contributed by atoms with E-state index in [1.165, 1.54) is 16.5 Å². The summed E-state index contributed by atoms with van der Waals surface area (Å²) in [5.41, 5.74) is 9.20. The second-order valence-electron chi connectivity index (χ2n) is 6.24. The van der Waals surface area contributed by atoms with Crippen molar-refractivity contribution in [3.63, 3.8) is 0 Å². The number of aromatic amines is 1. The maximum absolute atomic E-state index is 12.0. The van der Waals surface area contributed by atoms with E-state index in [0.29, 0.717) is 13.0 Å². The Kier molecular flexibility index (Phi) is 6.62. The number of nitrogens with one attached hydrogen (secondary N) is 2. The van der Waals surface area contributed by atoms with Crippen molar-refractivity contribution < 1.29 is 4.79 Å². The Hall–Kier alpha value is -2.30. The number of hydrogen-bond donors (Lipinski definition) is 3. The number of fused-ring (bicyclic) bond motifs is 1. The van der Waals surface area contributed by atoms with E-state index < -0.39 is 0 Å². The first kappa shape index (κ1) is 19.0. The first-order valence-corrected chi connectivity index (χ1v) is 8.28. The number of amides is 1. The van der Waals surface area contributed by atoms with Crippen molar-refractivity contribution in [1.82, 2.24) is 10.3 Å². The molecule has 0 saturated heterocycles. The second kappa shape index (κ2) is 8.70. The predicted molar refractivity (Wildman–Crippen MR) is 105 cm³/mol. The lowest BCUT2D eigenvalue weighted by atomic mass is 9.91. The molecular formula is C20H24ClN3O. The highest BCUT2D eigenvalue weighted by molar-refractivity contribution is 5.85. The Morgan fingerprint density at radius 1 is 1.12 bits per heavy atom. The van der Waals surface area contributed by atoms with Crippen LogP contribution in [0.3, 0.4) is 0 Å². The standard InChI is InChI=1S/C20H23N3O.ClH/c1-14(21)11-20(24)23-12-17(15-7-3-2-4-8-15)18-13-22-19-10-6-5-9-16(18)19;/h2-10,13-14,17,22H,11-12,21H2,1H3,(H,23,24);1H. The fourth-order valence-corrected chi connectivity index (χ4v) is 3.06. The summed E-state index contributed by atoms with van der Waals surface area (Å²) in [4.78, 5) is 15.3. The van der Waals surface area contributed by atoms with Crippen LogP contribution in [0.25, 0.3) is 10.9 Å². The lowest BCUT2D eigenvalue weighted by Gasteiger charge is -2.18. The van der Waals surface area contributed by atoms with Gasteiger partial charge in [0, 0.05) is 42.0 Å². The van der Waals surface area contributed by atoms with Gasteiger partial charge in [-0.05, 0) is 24.1 Å². The van der Waals surface area contributed by atoms with Gasteiger partial charge in [-0.2, -0.15) is 0 Å². The van der Waals surface area contributed by atoms with Gasteiger partial charge < -0.3 is 16.0 Å². The van der Waals surface area contributed by atoms with Crippen LogP contribution in [-0.2, 0) is 4.79 Å². The number of carbonyl (C=O) groups is 1. The van der Waals surface area contributed by atoms with E-state index in [4.69, 9.17) is 5.73 Å². The predicted octanol–water partition coefficient (Wildman–Crippen LogP) is 3.58. The molecule has 2 aromatic carbocycles.